The van der Waals surface area contributed by atoms with Gasteiger partial charge in [-0.2, -0.15) is 0 Å². The van der Waals surface area contributed by atoms with Crippen molar-refractivity contribution in [3.05, 3.63) is 48.3 Å². The van der Waals surface area contributed by atoms with Gasteiger partial charge < -0.3 is 11.5 Å². The average molecular weight is 238 g/mol. The van der Waals surface area contributed by atoms with E-state index < -0.39 is 0 Å². The maximum absolute atomic E-state index is 6.08. The zero-order valence-corrected chi connectivity index (χ0v) is 9.88. The van der Waals surface area contributed by atoms with E-state index in [1.165, 1.54) is 0 Å². The third kappa shape index (κ3) is 1.63. The third-order valence-electron chi connectivity index (χ3n) is 3.15. The summed E-state index contributed by atoms with van der Waals surface area (Å²) in [5, 5.41) is 2.07. The van der Waals surface area contributed by atoms with E-state index in [-0.39, 0.29) is 6.04 Å². The summed E-state index contributed by atoms with van der Waals surface area (Å²) in [6, 6.07) is 9.73. The van der Waals surface area contributed by atoms with Crippen molar-refractivity contribution in [2.75, 3.05) is 6.54 Å². The number of hydrogen-bond acceptors (Lipinski definition) is 4. The van der Waals surface area contributed by atoms with Crippen molar-refractivity contribution >= 4 is 21.8 Å². The van der Waals surface area contributed by atoms with E-state index in [1.54, 1.807) is 12.4 Å². The molecule has 0 radical (unpaired) electrons. The highest BCUT2D eigenvalue weighted by Crippen LogP contribution is 2.28. The summed E-state index contributed by atoms with van der Waals surface area (Å²) in [5.74, 6) is 0. The van der Waals surface area contributed by atoms with E-state index in [0.29, 0.717) is 6.54 Å². The molecule has 2 aromatic heterocycles. The molecule has 4 N–H and O–H groups in total. The fourth-order valence-corrected chi connectivity index (χ4v) is 2.24. The predicted octanol–water partition coefficient (Wildman–Crippen LogP) is 1.74. The number of hydrogen-bond donors (Lipinski definition) is 2. The number of nitrogens with two attached hydrogens (primary N) is 2. The summed E-state index contributed by atoms with van der Waals surface area (Å²) in [6.45, 7) is 0.412. The van der Waals surface area contributed by atoms with Gasteiger partial charge in [-0.3, -0.25) is 9.97 Å². The minimum atomic E-state index is -0.179. The highest BCUT2D eigenvalue weighted by Gasteiger charge is 2.12. The van der Waals surface area contributed by atoms with Crippen molar-refractivity contribution in [1.29, 1.82) is 0 Å². The molecule has 0 saturated heterocycles. The van der Waals surface area contributed by atoms with E-state index >= 15 is 0 Å². The Morgan fingerprint density at radius 1 is 1.06 bits per heavy atom. The molecule has 0 saturated carbocycles. The maximum atomic E-state index is 6.08. The molecule has 0 aliphatic rings. The van der Waals surface area contributed by atoms with Crippen LogP contribution in [0.4, 0.5) is 0 Å². The number of pyridine rings is 2. The fourth-order valence-electron chi connectivity index (χ4n) is 2.24. The van der Waals surface area contributed by atoms with Crippen molar-refractivity contribution in [3.63, 3.8) is 0 Å². The molecule has 4 nitrogen and oxygen atoms in total. The van der Waals surface area contributed by atoms with Crippen LogP contribution in [0, 0.1) is 0 Å². The van der Waals surface area contributed by atoms with Crippen LogP contribution in [0.3, 0.4) is 0 Å². The van der Waals surface area contributed by atoms with E-state index in [1.807, 2.05) is 24.3 Å². The number of fused-ring (bicyclic) bond motifs is 3. The Labute approximate surface area is 105 Å². The lowest BCUT2D eigenvalue weighted by molar-refractivity contribution is 0.744. The molecule has 2 heterocycles. The second-order valence-electron chi connectivity index (χ2n) is 4.28. The van der Waals surface area contributed by atoms with Gasteiger partial charge in [0.2, 0.25) is 0 Å². The topological polar surface area (TPSA) is 77.8 Å². The largest absolute Gasteiger partial charge is 0.329 e. The summed E-state index contributed by atoms with van der Waals surface area (Å²) < 4.78 is 0. The summed E-state index contributed by atoms with van der Waals surface area (Å²) in [5.41, 5.74) is 14.6. The molecule has 90 valence electrons. The first-order valence-corrected chi connectivity index (χ1v) is 5.89. The van der Waals surface area contributed by atoms with Crippen molar-refractivity contribution in [2.24, 2.45) is 11.5 Å². The second-order valence-corrected chi connectivity index (χ2v) is 4.28. The molecular formula is C14H14N4. The van der Waals surface area contributed by atoms with Gasteiger partial charge in [0, 0.05) is 35.8 Å². The monoisotopic (exact) mass is 238 g/mol. The minimum Gasteiger partial charge on any atom is -0.329 e. The van der Waals surface area contributed by atoms with Gasteiger partial charge in [-0.15, -0.1) is 0 Å². The predicted molar refractivity (Wildman–Crippen MR) is 73.0 cm³/mol. The number of aromatic nitrogens is 2. The van der Waals surface area contributed by atoms with E-state index in [2.05, 4.69) is 16.0 Å². The van der Waals surface area contributed by atoms with E-state index in [9.17, 15) is 0 Å². The van der Waals surface area contributed by atoms with Gasteiger partial charge in [0.15, 0.2) is 0 Å². The quantitative estimate of drug-likeness (QED) is 0.667. The highest BCUT2D eigenvalue weighted by atomic mass is 14.7. The van der Waals surface area contributed by atoms with Crippen LogP contribution in [0.2, 0.25) is 0 Å². The van der Waals surface area contributed by atoms with Crippen LogP contribution in [0.5, 0.6) is 0 Å². The average Bonchev–Trinajstić information content (AvgIpc) is 2.45. The Morgan fingerprint density at radius 2 is 1.78 bits per heavy atom. The van der Waals surface area contributed by atoms with Crippen LogP contribution in [0.15, 0.2) is 42.7 Å². The van der Waals surface area contributed by atoms with Gasteiger partial charge in [-0.05, 0) is 23.8 Å². The molecule has 0 fully saturated rings. The number of benzene rings is 1. The van der Waals surface area contributed by atoms with Gasteiger partial charge in [-0.25, -0.2) is 0 Å². The molecule has 0 aliphatic carbocycles. The lowest BCUT2D eigenvalue weighted by Gasteiger charge is -2.13. The first-order chi connectivity index (χ1) is 8.81. The van der Waals surface area contributed by atoms with Crippen molar-refractivity contribution in [3.8, 4) is 0 Å². The molecule has 1 aromatic carbocycles. The molecule has 18 heavy (non-hydrogen) atoms. The Hall–Kier alpha value is -2.04. The molecule has 0 spiro atoms. The Kier molecular flexibility index (Phi) is 2.66. The lowest BCUT2D eigenvalue weighted by atomic mass is 9.99. The number of nitrogens with zero attached hydrogens (tertiary/aromatic N) is 2. The first-order valence-electron chi connectivity index (χ1n) is 5.89. The molecule has 0 amide bonds. The molecule has 0 aliphatic heterocycles. The zero-order chi connectivity index (χ0) is 12.5. The van der Waals surface area contributed by atoms with E-state index in [4.69, 9.17) is 11.5 Å². The van der Waals surface area contributed by atoms with Gasteiger partial charge in [0.05, 0.1) is 11.0 Å². The Morgan fingerprint density at radius 3 is 2.56 bits per heavy atom. The van der Waals surface area contributed by atoms with Crippen LogP contribution in [-0.2, 0) is 0 Å². The lowest BCUT2D eigenvalue weighted by Crippen LogP contribution is -2.21. The van der Waals surface area contributed by atoms with Crippen LogP contribution < -0.4 is 11.5 Å². The normalized spacial score (nSPS) is 13.0. The molecule has 3 aromatic rings. The second kappa shape index (κ2) is 4.33. The van der Waals surface area contributed by atoms with Gasteiger partial charge in [-0.1, -0.05) is 12.1 Å². The summed E-state index contributed by atoms with van der Waals surface area (Å²) in [6.07, 6.45) is 3.55. The first kappa shape index (κ1) is 11.1. The SMILES string of the molecule is NCC(N)c1cc2cccnc2c2ncccc12. The standard InChI is InChI=1S/C14H14N4/c15-8-12(16)11-7-9-3-1-5-17-13(9)14-10(11)4-2-6-18-14/h1-7,12H,8,15-16H2. The van der Waals surface area contributed by atoms with Crippen LogP contribution >= 0.6 is 0 Å². The van der Waals surface area contributed by atoms with Crippen LogP contribution in [0.1, 0.15) is 11.6 Å². The van der Waals surface area contributed by atoms with Crippen molar-refractivity contribution in [2.45, 2.75) is 6.04 Å². The Balaban J connectivity index is 2.46. The summed E-state index contributed by atoms with van der Waals surface area (Å²) in [4.78, 5) is 8.83. The molecular weight excluding hydrogens is 224 g/mol. The fraction of sp³-hybridized carbons (Fsp3) is 0.143. The molecule has 0 bridgehead atoms. The molecule has 1 unspecified atom stereocenters. The Bertz CT molecular complexity index is 708. The van der Waals surface area contributed by atoms with E-state index in [0.717, 1.165) is 27.4 Å². The van der Waals surface area contributed by atoms with Crippen molar-refractivity contribution < 1.29 is 0 Å². The van der Waals surface area contributed by atoms with Crippen LogP contribution in [0.25, 0.3) is 21.8 Å². The van der Waals surface area contributed by atoms with Gasteiger partial charge >= 0.3 is 0 Å². The summed E-state index contributed by atoms with van der Waals surface area (Å²) in [7, 11) is 0. The summed E-state index contributed by atoms with van der Waals surface area (Å²) >= 11 is 0. The molecule has 4 heteroatoms. The zero-order valence-electron chi connectivity index (χ0n) is 9.88. The smallest absolute Gasteiger partial charge is 0.0967 e. The van der Waals surface area contributed by atoms with Crippen LogP contribution in [-0.4, -0.2) is 16.5 Å². The highest BCUT2D eigenvalue weighted by molar-refractivity contribution is 6.04. The van der Waals surface area contributed by atoms with Gasteiger partial charge in [0.1, 0.15) is 0 Å². The molecule has 3 rings (SSSR count). The van der Waals surface area contributed by atoms with Crippen molar-refractivity contribution in [1.82, 2.24) is 9.97 Å². The van der Waals surface area contributed by atoms with Gasteiger partial charge in [0.25, 0.3) is 0 Å². The third-order valence-corrected chi connectivity index (χ3v) is 3.15. The molecule has 1 atom stereocenters. The number of rotatable bonds is 2. The maximum Gasteiger partial charge on any atom is 0.0967 e. The minimum absolute atomic E-state index is 0.179.